The zero-order valence-corrected chi connectivity index (χ0v) is 8.48. The fraction of sp³-hybridized carbons (Fsp3) is 0.778. The van der Waals surface area contributed by atoms with Crippen molar-refractivity contribution in [3.8, 4) is 0 Å². The normalized spacial score (nSPS) is 27.3. The first kappa shape index (κ1) is 10.4. The number of carbonyl (C=O) groups is 1. The second-order valence-corrected chi connectivity index (χ2v) is 3.65. The zero-order chi connectivity index (χ0) is 10.7. The quantitative estimate of drug-likeness (QED) is 0.570. The molecule has 0 aromatic heterocycles. The minimum absolute atomic E-state index is 0.185. The molecule has 2 heterocycles. The molecule has 1 atom stereocenters. The topological polar surface area (TPSA) is 74.2 Å². The van der Waals surface area contributed by atoms with Crippen LogP contribution in [0, 0.1) is 0 Å². The van der Waals surface area contributed by atoms with Crippen molar-refractivity contribution in [2.75, 3.05) is 39.4 Å². The molecule has 0 radical (unpaired) electrons. The van der Waals surface area contributed by atoms with Crippen molar-refractivity contribution in [2.24, 2.45) is 4.99 Å². The van der Waals surface area contributed by atoms with Gasteiger partial charge in [-0.2, -0.15) is 0 Å². The lowest BCUT2D eigenvalue weighted by molar-refractivity contribution is -0.140. The second-order valence-electron chi connectivity index (χ2n) is 3.65. The number of hydrogen-bond acceptors (Lipinski definition) is 5. The molecular formula is C9H15N3O3. The molecule has 0 aromatic carbocycles. The molecule has 0 saturated carbocycles. The predicted molar refractivity (Wildman–Crippen MR) is 54.1 cm³/mol. The Hall–Kier alpha value is -1.14. The Bertz CT molecular complexity index is 274. The standard InChI is InChI=1S/C9H15N3O3/c13-9(14)7-5-15-6-8(11-7)12-3-1-10-2-4-12/h7,10H,1-6H2,(H,13,14). The van der Waals surface area contributed by atoms with Crippen molar-refractivity contribution < 1.29 is 14.6 Å². The minimum atomic E-state index is -0.915. The fourth-order valence-corrected chi connectivity index (χ4v) is 1.74. The van der Waals surface area contributed by atoms with Crippen LogP contribution in [0.15, 0.2) is 4.99 Å². The lowest BCUT2D eigenvalue weighted by Crippen LogP contribution is -2.50. The predicted octanol–water partition coefficient (Wildman–Crippen LogP) is -1.23. The van der Waals surface area contributed by atoms with E-state index in [9.17, 15) is 4.79 Å². The van der Waals surface area contributed by atoms with Crippen molar-refractivity contribution >= 4 is 11.8 Å². The molecule has 6 nitrogen and oxygen atoms in total. The summed E-state index contributed by atoms with van der Waals surface area (Å²) >= 11 is 0. The van der Waals surface area contributed by atoms with Crippen molar-refractivity contribution in [1.29, 1.82) is 0 Å². The lowest BCUT2D eigenvalue weighted by atomic mass is 10.3. The number of piperazine rings is 1. The lowest BCUT2D eigenvalue weighted by Gasteiger charge is -2.32. The van der Waals surface area contributed by atoms with Crippen LogP contribution in [0.2, 0.25) is 0 Å². The highest BCUT2D eigenvalue weighted by Crippen LogP contribution is 2.06. The molecule has 2 N–H and O–H groups in total. The summed E-state index contributed by atoms with van der Waals surface area (Å²) in [7, 11) is 0. The van der Waals surface area contributed by atoms with E-state index in [2.05, 4.69) is 15.2 Å². The van der Waals surface area contributed by atoms with Crippen molar-refractivity contribution in [3.05, 3.63) is 0 Å². The Kier molecular flexibility index (Phi) is 3.17. The summed E-state index contributed by atoms with van der Waals surface area (Å²) < 4.78 is 5.24. The van der Waals surface area contributed by atoms with E-state index in [0.29, 0.717) is 6.61 Å². The van der Waals surface area contributed by atoms with E-state index in [1.807, 2.05) is 0 Å². The van der Waals surface area contributed by atoms with Gasteiger partial charge >= 0.3 is 5.97 Å². The van der Waals surface area contributed by atoms with E-state index < -0.39 is 12.0 Å². The first-order valence-corrected chi connectivity index (χ1v) is 5.10. The molecule has 2 aliphatic heterocycles. The SMILES string of the molecule is O=C(O)C1COCC(N2CCNCC2)=N1. The van der Waals surface area contributed by atoms with Gasteiger partial charge in [-0.05, 0) is 0 Å². The molecule has 1 unspecified atom stereocenters. The van der Waals surface area contributed by atoms with Gasteiger partial charge in [-0.15, -0.1) is 0 Å². The highest BCUT2D eigenvalue weighted by Gasteiger charge is 2.25. The van der Waals surface area contributed by atoms with E-state index >= 15 is 0 Å². The third-order valence-electron chi connectivity index (χ3n) is 2.58. The summed E-state index contributed by atoms with van der Waals surface area (Å²) in [6.45, 7) is 4.19. The molecular weight excluding hydrogens is 198 g/mol. The number of ether oxygens (including phenoxy) is 1. The first-order chi connectivity index (χ1) is 7.27. The molecule has 84 valence electrons. The smallest absolute Gasteiger partial charge is 0.330 e. The maximum absolute atomic E-state index is 10.8. The number of aliphatic carboxylic acids is 1. The van der Waals surface area contributed by atoms with E-state index in [1.165, 1.54) is 0 Å². The van der Waals surface area contributed by atoms with E-state index in [0.717, 1.165) is 32.0 Å². The minimum Gasteiger partial charge on any atom is -0.480 e. The van der Waals surface area contributed by atoms with Crippen LogP contribution in [0.25, 0.3) is 0 Å². The van der Waals surface area contributed by atoms with Crippen LogP contribution in [0.3, 0.4) is 0 Å². The summed E-state index contributed by atoms with van der Waals surface area (Å²) in [5.41, 5.74) is 0. The van der Waals surface area contributed by atoms with Crippen LogP contribution in [0.5, 0.6) is 0 Å². The number of nitrogens with zero attached hydrogens (tertiary/aromatic N) is 2. The molecule has 0 bridgehead atoms. The Morgan fingerprint density at radius 2 is 2.27 bits per heavy atom. The number of hydrogen-bond donors (Lipinski definition) is 2. The van der Waals surface area contributed by atoms with Gasteiger partial charge in [0.15, 0.2) is 6.04 Å². The van der Waals surface area contributed by atoms with Gasteiger partial charge < -0.3 is 20.1 Å². The van der Waals surface area contributed by atoms with Crippen molar-refractivity contribution in [2.45, 2.75) is 6.04 Å². The molecule has 15 heavy (non-hydrogen) atoms. The van der Waals surface area contributed by atoms with Gasteiger partial charge in [0.05, 0.1) is 6.61 Å². The van der Waals surface area contributed by atoms with Crippen LogP contribution < -0.4 is 5.32 Å². The number of amidine groups is 1. The number of carboxylic acids is 1. The van der Waals surface area contributed by atoms with Crippen LogP contribution in [0.1, 0.15) is 0 Å². The molecule has 0 aliphatic carbocycles. The summed E-state index contributed by atoms with van der Waals surface area (Å²) in [5, 5.41) is 12.1. The molecule has 0 aromatic rings. The van der Waals surface area contributed by atoms with Gasteiger partial charge in [0.2, 0.25) is 0 Å². The number of nitrogens with one attached hydrogen (secondary N) is 1. The Morgan fingerprint density at radius 3 is 2.93 bits per heavy atom. The fourth-order valence-electron chi connectivity index (χ4n) is 1.74. The van der Waals surface area contributed by atoms with Crippen LogP contribution in [-0.4, -0.2) is 67.2 Å². The van der Waals surface area contributed by atoms with Gasteiger partial charge in [0.1, 0.15) is 12.4 Å². The van der Waals surface area contributed by atoms with Crippen LogP contribution in [-0.2, 0) is 9.53 Å². The van der Waals surface area contributed by atoms with Gasteiger partial charge in [0, 0.05) is 26.2 Å². The van der Waals surface area contributed by atoms with Gasteiger partial charge in [-0.1, -0.05) is 0 Å². The molecule has 1 fully saturated rings. The van der Waals surface area contributed by atoms with Crippen LogP contribution in [0.4, 0.5) is 0 Å². The summed E-state index contributed by atoms with van der Waals surface area (Å²) in [6.07, 6.45) is 0. The molecule has 6 heteroatoms. The van der Waals surface area contributed by atoms with Crippen LogP contribution >= 0.6 is 0 Å². The highest BCUT2D eigenvalue weighted by atomic mass is 16.5. The third kappa shape index (κ3) is 2.45. The van der Waals surface area contributed by atoms with Crippen molar-refractivity contribution in [3.63, 3.8) is 0 Å². The highest BCUT2D eigenvalue weighted by molar-refractivity contribution is 5.87. The van der Waals surface area contributed by atoms with Gasteiger partial charge in [0.25, 0.3) is 0 Å². The van der Waals surface area contributed by atoms with Gasteiger partial charge in [-0.25, -0.2) is 4.79 Å². The molecule has 1 saturated heterocycles. The average Bonchev–Trinajstić information content (AvgIpc) is 2.30. The summed E-state index contributed by atoms with van der Waals surface area (Å²) in [4.78, 5) is 17.0. The molecule has 0 spiro atoms. The monoisotopic (exact) mass is 213 g/mol. The summed E-state index contributed by atoms with van der Waals surface area (Å²) in [5.74, 6) is -0.141. The molecule has 2 rings (SSSR count). The summed E-state index contributed by atoms with van der Waals surface area (Å²) in [6, 6.07) is -0.733. The maximum atomic E-state index is 10.8. The van der Waals surface area contributed by atoms with Gasteiger partial charge in [-0.3, -0.25) is 4.99 Å². The molecule has 2 aliphatic rings. The Balaban J connectivity index is 2.03. The van der Waals surface area contributed by atoms with Crippen molar-refractivity contribution in [1.82, 2.24) is 10.2 Å². The zero-order valence-electron chi connectivity index (χ0n) is 8.48. The first-order valence-electron chi connectivity index (χ1n) is 5.10. The van der Waals surface area contributed by atoms with E-state index in [-0.39, 0.29) is 6.61 Å². The maximum Gasteiger partial charge on any atom is 0.330 e. The third-order valence-corrected chi connectivity index (χ3v) is 2.58. The molecule has 0 amide bonds. The largest absolute Gasteiger partial charge is 0.480 e. The Morgan fingerprint density at radius 1 is 1.53 bits per heavy atom. The average molecular weight is 213 g/mol. The Labute approximate surface area is 87.9 Å². The number of aliphatic imine (C=N–C) groups is 1. The number of rotatable bonds is 1. The van der Waals surface area contributed by atoms with E-state index in [4.69, 9.17) is 9.84 Å². The second kappa shape index (κ2) is 4.59. The number of carboxylic acid groups (broad SMARTS) is 1. The van der Waals surface area contributed by atoms with E-state index in [1.54, 1.807) is 0 Å².